The fourth-order valence-electron chi connectivity index (χ4n) is 1.27. The topological polar surface area (TPSA) is 45.4 Å². The first-order valence-electron chi connectivity index (χ1n) is 4.68. The summed E-state index contributed by atoms with van der Waals surface area (Å²) in [5.41, 5.74) is 0. The van der Waals surface area contributed by atoms with Crippen LogP contribution in [0, 0.1) is 0 Å². The molecule has 0 bridgehead atoms. The first kappa shape index (κ1) is 10.3. The fourth-order valence-corrected chi connectivity index (χ4v) is 1.27. The molecule has 0 saturated heterocycles. The Balaban J connectivity index is 2.45. The number of aliphatic hydroxyl groups excluding tert-OH is 1. The third-order valence-corrected chi connectivity index (χ3v) is 2.17. The molecule has 0 spiro atoms. The van der Waals surface area contributed by atoms with Crippen molar-refractivity contribution in [3.05, 3.63) is 24.2 Å². The average molecular weight is 183 g/mol. The molecule has 0 aliphatic rings. The number of rotatable bonds is 5. The van der Waals surface area contributed by atoms with Gasteiger partial charge in [-0.15, -0.1) is 0 Å². The maximum absolute atomic E-state index is 8.98. The van der Waals surface area contributed by atoms with E-state index in [9.17, 15) is 0 Å². The van der Waals surface area contributed by atoms with Crippen molar-refractivity contribution in [3.63, 3.8) is 0 Å². The lowest BCUT2D eigenvalue weighted by Gasteiger charge is -2.18. The van der Waals surface area contributed by atoms with Gasteiger partial charge in [-0.3, -0.25) is 0 Å². The summed E-state index contributed by atoms with van der Waals surface area (Å²) in [6.07, 6.45) is 2.58. The van der Waals surface area contributed by atoms with E-state index in [2.05, 4.69) is 5.32 Å². The minimum atomic E-state index is 0.153. The Kier molecular flexibility index (Phi) is 3.99. The van der Waals surface area contributed by atoms with Crippen molar-refractivity contribution in [2.24, 2.45) is 0 Å². The minimum absolute atomic E-state index is 0.153. The van der Waals surface area contributed by atoms with Crippen LogP contribution in [0.25, 0.3) is 0 Å². The Hall–Kier alpha value is -0.800. The van der Waals surface area contributed by atoms with Crippen LogP contribution in [-0.4, -0.2) is 17.8 Å². The van der Waals surface area contributed by atoms with Gasteiger partial charge in [0.05, 0.1) is 18.9 Å². The van der Waals surface area contributed by atoms with Crippen LogP contribution in [0.3, 0.4) is 0 Å². The molecule has 1 rings (SSSR count). The molecule has 0 aliphatic carbocycles. The lowest BCUT2D eigenvalue weighted by atomic mass is 10.2. The van der Waals surface area contributed by atoms with Gasteiger partial charge in [-0.2, -0.15) is 0 Å². The zero-order valence-electron chi connectivity index (χ0n) is 8.16. The molecule has 0 radical (unpaired) electrons. The van der Waals surface area contributed by atoms with Crippen molar-refractivity contribution < 1.29 is 9.52 Å². The van der Waals surface area contributed by atoms with Crippen LogP contribution in [0.5, 0.6) is 0 Å². The van der Waals surface area contributed by atoms with E-state index >= 15 is 0 Å². The van der Waals surface area contributed by atoms with E-state index in [1.165, 1.54) is 0 Å². The summed E-state index contributed by atoms with van der Waals surface area (Å²) < 4.78 is 5.24. The molecule has 0 fully saturated rings. The number of nitrogens with one attached hydrogen (secondary N) is 1. The largest absolute Gasteiger partial charge is 0.468 e. The number of furan rings is 1. The fraction of sp³-hybridized carbons (Fsp3) is 0.600. The van der Waals surface area contributed by atoms with Gasteiger partial charge in [0, 0.05) is 6.04 Å². The van der Waals surface area contributed by atoms with Crippen LogP contribution in [-0.2, 0) is 0 Å². The van der Waals surface area contributed by atoms with E-state index < -0.39 is 0 Å². The van der Waals surface area contributed by atoms with Crippen molar-refractivity contribution in [1.29, 1.82) is 0 Å². The molecular weight excluding hydrogens is 166 g/mol. The highest BCUT2D eigenvalue weighted by Gasteiger charge is 2.12. The van der Waals surface area contributed by atoms with Crippen LogP contribution in [0.2, 0.25) is 0 Å². The average Bonchev–Trinajstić information content (AvgIpc) is 2.66. The quantitative estimate of drug-likeness (QED) is 0.730. The summed E-state index contributed by atoms with van der Waals surface area (Å²) in [5, 5.41) is 12.3. The molecule has 0 aliphatic heterocycles. The minimum Gasteiger partial charge on any atom is -0.468 e. The van der Waals surface area contributed by atoms with E-state index in [0.29, 0.717) is 0 Å². The molecule has 3 nitrogen and oxygen atoms in total. The van der Waals surface area contributed by atoms with Crippen molar-refractivity contribution in [2.75, 3.05) is 6.61 Å². The molecular formula is C10H17NO2. The second-order valence-electron chi connectivity index (χ2n) is 3.19. The zero-order valence-corrected chi connectivity index (χ0v) is 8.16. The van der Waals surface area contributed by atoms with Crippen molar-refractivity contribution in [3.8, 4) is 0 Å². The molecule has 0 saturated carbocycles. The smallest absolute Gasteiger partial charge is 0.120 e. The van der Waals surface area contributed by atoms with Crippen molar-refractivity contribution in [1.82, 2.24) is 5.32 Å². The summed E-state index contributed by atoms with van der Waals surface area (Å²) in [6, 6.07) is 4.11. The van der Waals surface area contributed by atoms with Crippen molar-refractivity contribution in [2.45, 2.75) is 32.4 Å². The maximum atomic E-state index is 8.98. The van der Waals surface area contributed by atoms with Gasteiger partial charge in [-0.05, 0) is 25.5 Å². The molecule has 1 aromatic heterocycles. The summed E-state index contributed by atoms with van der Waals surface area (Å²) in [6.45, 7) is 4.24. The lowest BCUT2D eigenvalue weighted by molar-refractivity contribution is 0.225. The molecule has 1 heterocycles. The lowest BCUT2D eigenvalue weighted by Crippen LogP contribution is -2.33. The van der Waals surface area contributed by atoms with Gasteiger partial charge < -0.3 is 14.8 Å². The van der Waals surface area contributed by atoms with Crippen LogP contribution in [0.1, 0.15) is 32.1 Å². The number of hydrogen-bond donors (Lipinski definition) is 2. The number of aliphatic hydroxyl groups is 1. The molecule has 0 aromatic carbocycles. The Labute approximate surface area is 78.8 Å². The van der Waals surface area contributed by atoms with Crippen LogP contribution < -0.4 is 5.32 Å². The molecule has 13 heavy (non-hydrogen) atoms. The Morgan fingerprint density at radius 1 is 1.62 bits per heavy atom. The van der Waals surface area contributed by atoms with Gasteiger partial charge in [0.2, 0.25) is 0 Å². The Morgan fingerprint density at radius 3 is 2.85 bits per heavy atom. The molecule has 0 amide bonds. The standard InChI is InChI=1S/C10H17NO2/c1-3-9(7-12)11-8(2)10-5-4-6-13-10/h4-6,8-9,11-12H,3,7H2,1-2H3/t8-,9+/m0/s1. The molecule has 2 atom stereocenters. The second-order valence-corrected chi connectivity index (χ2v) is 3.19. The highest BCUT2D eigenvalue weighted by atomic mass is 16.3. The van der Waals surface area contributed by atoms with Gasteiger partial charge in [0.25, 0.3) is 0 Å². The molecule has 2 N–H and O–H groups in total. The maximum Gasteiger partial charge on any atom is 0.120 e. The van der Waals surface area contributed by atoms with Gasteiger partial charge >= 0.3 is 0 Å². The second kappa shape index (κ2) is 5.04. The van der Waals surface area contributed by atoms with Crippen molar-refractivity contribution >= 4 is 0 Å². The predicted octanol–water partition coefficient (Wildman–Crippen LogP) is 1.70. The van der Waals surface area contributed by atoms with Crippen LogP contribution in [0.4, 0.5) is 0 Å². The normalized spacial score (nSPS) is 15.6. The molecule has 1 aromatic rings. The van der Waals surface area contributed by atoms with E-state index in [1.54, 1.807) is 6.26 Å². The van der Waals surface area contributed by atoms with Crippen LogP contribution in [0.15, 0.2) is 22.8 Å². The van der Waals surface area contributed by atoms with E-state index in [1.807, 2.05) is 26.0 Å². The molecule has 74 valence electrons. The highest BCUT2D eigenvalue weighted by Crippen LogP contribution is 2.13. The number of hydrogen-bond acceptors (Lipinski definition) is 3. The van der Waals surface area contributed by atoms with Gasteiger partial charge in [0.15, 0.2) is 0 Å². The summed E-state index contributed by atoms with van der Waals surface area (Å²) in [7, 11) is 0. The molecule has 0 unspecified atom stereocenters. The zero-order chi connectivity index (χ0) is 9.68. The first-order chi connectivity index (χ1) is 6.27. The highest BCUT2D eigenvalue weighted by molar-refractivity contribution is 5.03. The molecule has 3 heteroatoms. The Bertz CT molecular complexity index is 217. The van der Waals surface area contributed by atoms with Crippen LogP contribution >= 0.6 is 0 Å². The summed E-state index contributed by atoms with van der Waals surface area (Å²) >= 11 is 0. The first-order valence-corrected chi connectivity index (χ1v) is 4.68. The Morgan fingerprint density at radius 2 is 2.38 bits per heavy atom. The van der Waals surface area contributed by atoms with Gasteiger partial charge in [-0.1, -0.05) is 6.92 Å². The summed E-state index contributed by atoms with van der Waals surface area (Å²) in [5.74, 6) is 0.909. The van der Waals surface area contributed by atoms with E-state index in [0.717, 1.165) is 12.2 Å². The van der Waals surface area contributed by atoms with Gasteiger partial charge in [-0.25, -0.2) is 0 Å². The predicted molar refractivity (Wildman–Crippen MR) is 51.4 cm³/mol. The van der Waals surface area contributed by atoms with E-state index in [4.69, 9.17) is 9.52 Å². The summed E-state index contributed by atoms with van der Waals surface area (Å²) in [4.78, 5) is 0. The monoisotopic (exact) mass is 183 g/mol. The van der Waals surface area contributed by atoms with Gasteiger partial charge in [0.1, 0.15) is 5.76 Å². The third-order valence-electron chi connectivity index (χ3n) is 2.17. The van der Waals surface area contributed by atoms with E-state index in [-0.39, 0.29) is 18.7 Å². The third kappa shape index (κ3) is 2.86. The SMILES string of the molecule is CC[C@H](CO)N[C@@H](C)c1ccco1.